The molecule has 0 saturated carbocycles. The van der Waals surface area contributed by atoms with Crippen molar-refractivity contribution in [3.63, 3.8) is 0 Å². The lowest BCUT2D eigenvalue weighted by Crippen LogP contribution is -2.23. The molecule has 2 N–H and O–H groups in total. The molecule has 1 heterocycles. The zero-order chi connectivity index (χ0) is 20.1. The molecule has 0 aliphatic carbocycles. The molecule has 144 valence electrons. The standard InChI is InChI=1S/C18H17N5O4S/c1-11(16(24)19-13-5-3-12(4-6-13)17(25)26)28-18-20-21-22-23(18)14-7-9-15(27-2)10-8-14/h3-11H,1-2H3,(H,19,24)(H,25,26). The highest BCUT2D eigenvalue weighted by Crippen LogP contribution is 2.25. The highest BCUT2D eigenvalue weighted by Gasteiger charge is 2.19. The molecule has 2 aromatic carbocycles. The lowest BCUT2D eigenvalue weighted by molar-refractivity contribution is -0.115. The highest BCUT2D eigenvalue weighted by atomic mass is 32.2. The first-order valence-electron chi connectivity index (χ1n) is 8.21. The van der Waals surface area contributed by atoms with Crippen LogP contribution in [0.5, 0.6) is 5.75 Å². The third-order valence-corrected chi connectivity index (χ3v) is 4.84. The fraction of sp³-hybridized carbons (Fsp3) is 0.167. The van der Waals surface area contributed by atoms with Gasteiger partial charge in [0, 0.05) is 5.69 Å². The fourth-order valence-electron chi connectivity index (χ4n) is 2.29. The van der Waals surface area contributed by atoms with E-state index in [9.17, 15) is 9.59 Å². The van der Waals surface area contributed by atoms with Crippen molar-refractivity contribution in [1.82, 2.24) is 20.2 Å². The van der Waals surface area contributed by atoms with Crippen LogP contribution in [-0.4, -0.2) is 49.6 Å². The average molecular weight is 399 g/mol. The van der Waals surface area contributed by atoms with Gasteiger partial charge in [0.2, 0.25) is 11.1 Å². The van der Waals surface area contributed by atoms with Crippen LogP contribution in [0, 0.1) is 0 Å². The normalized spacial score (nSPS) is 11.6. The van der Waals surface area contributed by atoms with Crippen molar-refractivity contribution >= 4 is 29.3 Å². The van der Waals surface area contributed by atoms with Crippen molar-refractivity contribution < 1.29 is 19.4 Å². The molecule has 9 nitrogen and oxygen atoms in total. The number of amides is 1. The summed E-state index contributed by atoms with van der Waals surface area (Å²) >= 11 is 1.21. The second kappa shape index (κ2) is 8.53. The third kappa shape index (κ3) is 4.46. The number of rotatable bonds is 7. The van der Waals surface area contributed by atoms with Crippen LogP contribution < -0.4 is 10.1 Å². The molecule has 0 fully saturated rings. The van der Waals surface area contributed by atoms with Crippen LogP contribution in [0.3, 0.4) is 0 Å². The van der Waals surface area contributed by atoms with Crippen LogP contribution in [0.4, 0.5) is 5.69 Å². The highest BCUT2D eigenvalue weighted by molar-refractivity contribution is 8.00. The number of carbonyl (C=O) groups is 2. The van der Waals surface area contributed by atoms with E-state index >= 15 is 0 Å². The Balaban J connectivity index is 1.67. The van der Waals surface area contributed by atoms with Crippen LogP contribution >= 0.6 is 11.8 Å². The first-order valence-corrected chi connectivity index (χ1v) is 9.09. The van der Waals surface area contributed by atoms with Gasteiger partial charge in [-0.15, -0.1) is 5.10 Å². The van der Waals surface area contributed by atoms with Gasteiger partial charge in [0.15, 0.2) is 0 Å². The second-order valence-corrected chi connectivity index (χ2v) is 7.01. The molecule has 0 bridgehead atoms. The zero-order valence-electron chi connectivity index (χ0n) is 15.1. The molecular weight excluding hydrogens is 382 g/mol. The Kier molecular flexibility index (Phi) is 5.90. The third-order valence-electron chi connectivity index (χ3n) is 3.81. The van der Waals surface area contributed by atoms with Crippen LogP contribution in [0.25, 0.3) is 5.69 Å². The molecule has 3 rings (SSSR count). The molecule has 0 aliphatic heterocycles. The van der Waals surface area contributed by atoms with E-state index in [1.54, 1.807) is 38.3 Å². The number of nitrogens with one attached hydrogen (secondary N) is 1. The molecule has 0 spiro atoms. The van der Waals surface area contributed by atoms with E-state index in [2.05, 4.69) is 20.8 Å². The smallest absolute Gasteiger partial charge is 0.335 e. The number of hydrogen-bond donors (Lipinski definition) is 2. The summed E-state index contributed by atoms with van der Waals surface area (Å²) in [6.45, 7) is 1.73. The summed E-state index contributed by atoms with van der Waals surface area (Å²) in [5.74, 6) is -0.558. The number of carboxylic acid groups (broad SMARTS) is 1. The van der Waals surface area contributed by atoms with E-state index < -0.39 is 11.2 Å². The summed E-state index contributed by atoms with van der Waals surface area (Å²) < 4.78 is 6.68. The maximum Gasteiger partial charge on any atom is 0.335 e. The Bertz CT molecular complexity index is 972. The van der Waals surface area contributed by atoms with Gasteiger partial charge in [-0.25, -0.2) is 4.79 Å². The Hall–Kier alpha value is -3.40. The van der Waals surface area contributed by atoms with Gasteiger partial charge < -0.3 is 15.2 Å². The summed E-state index contributed by atoms with van der Waals surface area (Å²) in [5, 5.41) is 23.3. The van der Waals surface area contributed by atoms with Gasteiger partial charge in [-0.3, -0.25) is 4.79 Å². The first-order chi connectivity index (χ1) is 13.5. The van der Waals surface area contributed by atoms with Crippen molar-refractivity contribution in [2.75, 3.05) is 12.4 Å². The number of hydrogen-bond acceptors (Lipinski definition) is 7. The minimum atomic E-state index is -1.02. The molecule has 1 aromatic heterocycles. The SMILES string of the molecule is COc1ccc(-n2nnnc2SC(C)C(=O)Nc2ccc(C(=O)O)cc2)cc1. The predicted octanol–water partition coefficient (Wildman–Crippen LogP) is 2.49. The van der Waals surface area contributed by atoms with Gasteiger partial charge in [-0.1, -0.05) is 11.8 Å². The zero-order valence-corrected chi connectivity index (χ0v) is 15.9. The van der Waals surface area contributed by atoms with Gasteiger partial charge >= 0.3 is 5.97 Å². The fourth-order valence-corrected chi connectivity index (χ4v) is 3.10. The molecule has 0 aliphatic rings. The first kappa shape index (κ1) is 19.4. The molecule has 10 heteroatoms. The van der Waals surface area contributed by atoms with Crippen molar-refractivity contribution in [2.45, 2.75) is 17.3 Å². The predicted molar refractivity (Wildman–Crippen MR) is 103 cm³/mol. The molecule has 0 saturated heterocycles. The van der Waals surface area contributed by atoms with E-state index in [0.717, 1.165) is 5.69 Å². The number of anilines is 1. The molecule has 1 atom stereocenters. The van der Waals surface area contributed by atoms with Gasteiger partial charge in [0.05, 0.1) is 23.6 Å². The van der Waals surface area contributed by atoms with E-state index in [1.807, 2.05) is 12.1 Å². The Morgan fingerprint density at radius 2 is 1.82 bits per heavy atom. The van der Waals surface area contributed by atoms with E-state index in [1.165, 1.54) is 28.6 Å². The van der Waals surface area contributed by atoms with Crippen molar-refractivity contribution in [3.8, 4) is 11.4 Å². The van der Waals surface area contributed by atoms with Crippen LogP contribution in [0.15, 0.2) is 53.7 Å². The van der Waals surface area contributed by atoms with Gasteiger partial charge in [0.25, 0.3) is 0 Å². The summed E-state index contributed by atoms with van der Waals surface area (Å²) in [6.07, 6.45) is 0. The largest absolute Gasteiger partial charge is 0.497 e. The number of tetrazole rings is 1. The monoisotopic (exact) mass is 399 g/mol. The number of nitrogens with zero attached hydrogens (tertiary/aromatic N) is 4. The van der Waals surface area contributed by atoms with Crippen molar-refractivity contribution in [2.24, 2.45) is 0 Å². The number of ether oxygens (including phenoxy) is 1. The summed E-state index contributed by atoms with van der Waals surface area (Å²) in [5.41, 5.74) is 1.40. The Morgan fingerprint density at radius 1 is 1.14 bits per heavy atom. The molecule has 1 amide bonds. The molecule has 0 radical (unpaired) electrons. The molecule has 1 unspecified atom stereocenters. The number of aromatic carboxylic acids is 1. The van der Waals surface area contributed by atoms with E-state index in [0.29, 0.717) is 16.6 Å². The lowest BCUT2D eigenvalue weighted by atomic mass is 10.2. The van der Waals surface area contributed by atoms with Gasteiger partial charge in [-0.2, -0.15) is 4.68 Å². The van der Waals surface area contributed by atoms with Gasteiger partial charge in [-0.05, 0) is 65.9 Å². The number of thioether (sulfide) groups is 1. The Labute approximate surface area is 164 Å². The van der Waals surface area contributed by atoms with E-state index in [-0.39, 0.29) is 11.5 Å². The summed E-state index contributed by atoms with van der Waals surface area (Å²) in [7, 11) is 1.59. The Morgan fingerprint density at radius 3 is 2.43 bits per heavy atom. The van der Waals surface area contributed by atoms with E-state index in [4.69, 9.17) is 9.84 Å². The number of carboxylic acids is 1. The molecule has 28 heavy (non-hydrogen) atoms. The quantitative estimate of drug-likeness (QED) is 0.582. The minimum Gasteiger partial charge on any atom is -0.497 e. The molecular formula is C18H17N5O4S. The average Bonchev–Trinajstić information content (AvgIpc) is 3.16. The number of aromatic nitrogens is 4. The van der Waals surface area contributed by atoms with Crippen LogP contribution in [0.1, 0.15) is 17.3 Å². The van der Waals surface area contributed by atoms with Crippen LogP contribution in [0.2, 0.25) is 0 Å². The maximum absolute atomic E-state index is 12.4. The number of benzene rings is 2. The van der Waals surface area contributed by atoms with Crippen LogP contribution in [-0.2, 0) is 4.79 Å². The summed E-state index contributed by atoms with van der Waals surface area (Å²) in [4.78, 5) is 23.3. The van der Waals surface area contributed by atoms with Crippen molar-refractivity contribution in [3.05, 3.63) is 54.1 Å². The minimum absolute atomic E-state index is 0.152. The molecule has 3 aromatic rings. The lowest BCUT2D eigenvalue weighted by Gasteiger charge is -2.12. The second-order valence-electron chi connectivity index (χ2n) is 5.70. The van der Waals surface area contributed by atoms with Crippen molar-refractivity contribution in [1.29, 1.82) is 0 Å². The number of methoxy groups -OCH3 is 1. The maximum atomic E-state index is 12.4. The summed E-state index contributed by atoms with van der Waals surface area (Å²) in [6, 6.07) is 13.2. The topological polar surface area (TPSA) is 119 Å². The van der Waals surface area contributed by atoms with Gasteiger partial charge in [0.1, 0.15) is 5.75 Å². The number of carbonyl (C=O) groups excluding carboxylic acids is 1.